The number of anilines is 2. The second-order valence-electron chi connectivity index (χ2n) is 18.0. The number of halogens is 6. The number of hydrogen-bond donors (Lipinski definition) is 0. The van der Waals surface area contributed by atoms with Gasteiger partial charge < -0.3 is 9.47 Å². The van der Waals surface area contributed by atoms with Crippen molar-refractivity contribution in [1.29, 1.82) is 0 Å². The van der Waals surface area contributed by atoms with E-state index in [0.29, 0.717) is 53.2 Å². The van der Waals surface area contributed by atoms with Gasteiger partial charge in [-0.2, -0.15) is 26.3 Å². The average molecular weight is 945 g/mol. The Labute approximate surface area is 389 Å². The minimum absolute atomic E-state index is 0.190. The Bertz CT molecular complexity index is 2710. The van der Waals surface area contributed by atoms with Crippen LogP contribution in [0.5, 0.6) is 0 Å². The largest absolute Gasteiger partial charge is 0.443 e. The molecule has 0 saturated heterocycles. The highest BCUT2D eigenvalue weighted by Gasteiger charge is 2.38. The van der Waals surface area contributed by atoms with Gasteiger partial charge in [-0.25, -0.2) is 9.59 Å². The Morgan fingerprint density at radius 1 is 0.576 bits per heavy atom. The first-order chi connectivity index (χ1) is 31.0. The number of carbonyl (C=O) groups excluding carboxylic acids is 2. The maximum Gasteiger partial charge on any atom is 0.426 e. The van der Waals surface area contributed by atoms with Gasteiger partial charge in [0, 0.05) is 34.0 Å². The summed E-state index contributed by atoms with van der Waals surface area (Å²) in [7, 11) is 0. The number of rotatable bonds is 7. The maximum absolute atomic E-state index is 13.6. The number of aryl methyl sites for hydroxylation is 2. The van der Waals surface area contributed by atoms with Crippen molar-refractivity contribution in [3.8, 4) is 22.3 Å². The van der Waals surface area contributed by atoms with Gasteiger partial charge in [-0.3, -0.25) is 9.80 Å². The van der Waals surface area contributed by atoms with E-state index in [4.69, 9.17) is 9.47 Å². The van der Waals surface area contributed by atoms with E-state index in [2.05, 4.69) is 6.07 Å². The van der Waals surface area contributed by atoms with Gasteiger partial charge in [0.05, 0.1) is 11.4 Å². The van der Waals surface area contributed by atoms with Crippen LogP contribution < -0.4 is 9.80 Å². The van der Waals surface area contributed by atoms with Crippen LogP contribution in [0.15, 0.2) is 109 Å². The van der Waals surface area contributed by atoms with E-state index >= 15 is 0 Å². The van der Waals surface area contributed by atoms with Crippen molar-refractivity contribution in [3.63, 3.8) is 0 Å². The summed E-state index contributed by atoms with van der Waals surface area (Å²) >= 11 is 1.56. The third-order valence-electron chi connectivity index (χ3n) is 10.6. The number of thiophene rings is 2. The van der Waals surface area contributed by atoms with E-state index in [-0.39, 0.29) is 23.3 Å². The van der Waals surface area contributed by atoms with Crippen LogP contribution in [0.2, 0.25) is 0 Å². The molecule has 0 radical (unpaired) electrons. The molecule has 2 aromatic heterocycles. The zero-order valence-electron chi connectivity index (χ0n) is 37.4. The summed E-state index contributed by atoms with van der Waals surface area (Å²) < 4.78 is 92.7. The molecular formula is C52H50F6N2O4S2. The van der Waals surface area contributed by atoms with Crippen LogP contribution in [0, 0.1) is 0 Å². The lowest BCUT2D eigenvalue weighted by atomic mass is 10.0. The highest BCUT2D eigenvalue weighted by molar-refractivity contribution is 7.13. The number of nitrogens with zero attached hydrogens (tertiary/aromatic N) is 2. The van der Waals surface area contributed by atoms with Gasteiger partial charge in [0.2, 0.25) is 0 Å². The molecule has 0 spiro atoms. The summed E-state index contributed by atoms with van der Waals surface area (Å²) in [5.74, 6) is 0. The number of ether oxygens (including phenoxy) is 2. The molecule has 0 aliphatic carbocycles. The van der Waals surface area contributed by atoms with Crippen molar-refractivity contribution < 1.29 is 45.4 Å². The molecule has 14 heteroatoms. The molecule has 0 atom stereocenters. The third-order valence-corrected chi connectivity index (χ3v) is 13.0. The van der Waals surface area contributed by atoms with Crippen LogP contribution >= 0.6 is 22.7 Å². The van der Waals surface area contributed by atoms with Crippen molar-refractivity contribution in [1.82, 2.24) is 0 Å². The lowest BCUT2D eigenvalue weighted by Crippen LogP contribution is -2.35. The van der Waals surface area contributed by atoms with Crippen LogP contribution in [-0.2, 0) is 47.5 Å². The Morgan fingerprint density at radius 2 is 1.06 bits per heavy atom. The molecule has 4 aromatic carbocycles. The fourth-order valence-corrected chi connectivity index (χ4v) is 9.73. The molecule has 8 rings (SSSR count). The topological polar surface area (TPSA) is 59.1 Å². The van der Waals surface area contributed by atoms with E-state index in [1.807, 2.05) is 71.9 Å². The molecule has 0 unspecified atom stereocenters. The van der Waals surface area contributed by atoms with Crippen LogP contribution in [-0.4, -0.2) is 36.5 Å². The van der Waals surface area contributed by atoms with Crippen molar-refractivity contribution in [2.45, 2.75) is 90.8 Å². The van der Waals surface area contributed by atoms with Gasteiger partial charge in [-0.1, -0.05) is 84.9 Å². The van der Waals surface area contributed by atoms with E-state index in [1.54, 1.807) is 94.7 Å². The van der Waals surface area contributed by atoms with Crippen LogP contribution in [0.3, 0.4) is 0 Å². The van der Waals surface area contributed by atoms with E-state index < -0.39 is 33.3 Å². The fraction of sp³-hybridized carbons (Fsp3) is 0.308. The van der Waals surface area contributed by atoms with Gasteiger partial charge in [0.1, 0.15) is 21.0 Å². The SMILES string of the molecule is CC(C)(C)OC(=O)N1CCc2cc(/C=C/c3cc(-c4ccccc4)c(C(F)(F)F)s3)ccc21.CC(C)(C)OC(=O)N1CCc2cc(CCc3cc(-c4ccccc4)c(C(F)(F)F)s3)ccc21. The van der Waals surface area contributed by atoms with Gasteiger partial charge in [0.15, 0.2) is 0 Å². The van der Waals surface area contributed by atoms with Crippen LogP contribution in [0.25, 0.3) is 34.4 Å². The maximum atomic E-state index is 13.6. The van der Waals surface area contributed by atoms with Gasteiger partial charge in [-0.15, -0.1) is 22.7 Å². The zero-order chi connectivity index (χ0) is 47.6. The lowest BCUT2D eigenvalue weighted by molar-refractivity contribution is -0.134. The third kappa shape index (κ3) is 11.9. The van der Waals surface area contributed by atoms with E-state index in [1.165, 1.54) is 0 Å². The number of fused-ring (bicyclic) bond motifs is 2. The number of benzene rings is 4. The number of amides is 2. The molecule has 4 heterocycles. The zero-order valence-corrected chi connectivity index (χ0v) is 39.0. The number of alkyl halides is 6. The lowest BCUT2D eigenvalue weighted by Gasteiger charge is -2.24. The molecule has 0 bridgehead atoms. The van der Waals surface area contributed by atoms with Crippen molar-refractivity contribution >= 4 is 58.4 Å². The monoisotopic (exact) mass is 944 g/mol. The van der Waals surface area contributed by atoms with Crippen molar-refractivity contribution in [2.24, 2.45) is 0 Å². The summed E-state index contributed by atoms with van der Waals surface area (Å²) in [6, 6.07) is 32.1. The normalized spacial score (nSPS) is 13.9. The van der Waals surface area contributed by atoms with Crippen molar-refractivity contribution in [2.75, 3.05) is 22.9 Å². The van der Waals surface area contributed by atoms with Crippen LogP contribution in [0.4, 0.5) is 47.3 Å². The van der Waals surface area contributed by atoms with Gasteiger partial charge >= 0.3 is 24.5 Å². The second kappa shape index (κ2) is 19.2. The predicted molar refractivity (Wildman–Crippen MR) is 253 cm³/mol. The van der Waals surface area contributed by atoms with E-state index in [0.717, 1.165) is 62.7 Å². The highest BCUT2D eigenvalue weighted by Crippen LogP contribution is 2.45. The summed E-state index contributed by atoms with van der Waals surface area (Å²) in [6.07, 6.45) is -3.44. The first-order valence-electron chi connectivity index (χ1n) is 21.5. The summed E-state index contributed by atoms with van der Waals surface area (Å²) in [4.78, 5) is 28.3. The molecule has 6 aromatic rings. The molecule has 2 aliphatic heterocycles. The molecule has 0 fully saturated rings. The standard InChI is InChI=1S/C26H26F3NO2S.C26H24F3NO2S/c2*1-25(2,3)32-24(31)30-14-13-19-15-17(10-12-22(19)30)9-11-20-16-21(18-7-5-4-6-8-18)23(33-20)26(27,28)29/h4-8,10,12,15-16H,9,11,13-14H2,1-3H3;4-12,15-16H,13-14H2,1-3H3/b;11-9+. The van der Waals surface area contributed by atoms with Crippen molar-refractivity contribution in [3.05, 3.63) is 151 Å². The van der Waals surface area contributed by atoms with E-state index in [9.17, 15) is 35.9 Å². The summed E-state index contributed by atoms with van der Waals surface area (Å²) in [5, 5.41) is 0. The van der Waals surface area contributed by atoms with Crippen LogP contribution in [0.1, 0.15) is 83.3 Å². The molecule has 66 heavy (non-hydrogen) atoms. The molecule has 6 nitrogen and oxygen atoms in total. The predicted octanol–water partition coefficient (Wildman–Crippen LogP) is 15.4. The minimum atomic E-state index is -4.42. The second-order valence-corrected chi connectivity index (χ2v) is 20.2. The highest BCUT2D eigenvalue weighted by atomic mass is 32.1. The Hall–Kier alpha value is -5.86. The molecular weight excluding hydrogens is 895 g/mol. The molecule has 2 amide bonds. The molecule has 0 saturated carbocycles. The Balaban J connectivity index is 0.000000196. The van der Waals surface area contributed by atoms with Gasteiger partial charge in [0.25, 0.3) is 0 Å². The molecule has 0 N–H and O–H groups in total. The fourth-order valence-electron chi connectivity index (χ4n) is 7.74. The Morgan fingerprint density at radius 3 is 1.58 bits per heavy atom. The summed E-state index contributed by atoms with van der Waals surface area (Å²) in [5.41, 5.74) is 6.04. The molecule has 2 aliphatic rings. The Kier molecular flexibility index (Phi) is 14.0. The quantitative estimate of drug-likeness (QED) is 0.150. The first kappa shape index (κ1) is 48.1. The number of carbonyl (C=O) groups is 2. The average Bonchev–Trinajstić information content (AvgIpc) is 4.06. The van der Waals surface area contributed by atoms with Gasteiger partial charge in [-0.05, 0) is 137 Å². The molecule has 346 valence electrons. The number of hydrogen-bond acceptors (Lipinski definition) is 6. The smallest absolute Gasteiger partial charge is 0.426 e. The first-order valence-corrected chi connectivity index (χ1v) is 23.1. The minimum Gasteiger partial charge on any atom is -0.443 e. The summed E-state index contributed by atoms with van der Waals surface area (Å²) in [6.45, 7) is 12.1.